The van der Waals surface area contributed by atoms with Gasteiger partial charge in [-0.25, -0.2) is 4.79 Å². The second-order valence-corrected chi connectivity index (χ2v) is 4.89. The highest BCUT2D eigenvalue weighted by Gasteiger charge is 2.52. The number of carboxylic acids is 1. The number of allylic oxidation sites excluding steroid dienone is 1. The molecule has 1 fully saturated rings. The van der Waals surface area contributed by atoms with Crippen molar-refractivity contribution in [2.45, 2.75) is 57.9 Å². The zero-order chi connectivity index (χ0) is 13.6. The van der Waals surface area contributed by atoms with Gasteiger partial charge in [0, 0.05) is 12.3 Å². The van der Waals surface area contributed by atoms with Gasteiger partial charge in [-0.2, -0.15) is 0 Å². The Balaban J connectivity index is 2.65. The minimum Gasteiger partial charge on any atom is -0.479 e. The van der Waals surface area contributed by atoms with Gasteiger partial charge in [0.15, 0.2) is 0 Å². The molecule has 0 heterocycles. The van der Waals surface area contributed by atoms with E-state index in [0.717, 1.165) is 25.7 Å². The molecular weight excluding hydrogens is 230 g/mol. The lowest BCUT2D eigenvalue weighted by atomic mass is 9.66. The third kappa shape index (κ3) is 3.12. The number of hydrogen-bond acceptors (Lipinski definition) is 2. The molecule has 102 valence electrons. The van der Waals surface area contributed by atoms with E-state index in [1.165, 1.54) is 0 Å². The quantitative estimate of drug-likeness (QED) is 0.541. The molecule has 0 aliphatic heterocycles. The molecule has 0 radical (unpaired) electrons. The number of rotatable bonds is 7. The molecule has 2 atom stereocenters. The predicted octanol–water partition coefficient (Wildman–Crippen LogP) is 2.49. The summed E-state index contributed by atoms with van der Waals surface area (Å²) in [5.41, 5.74) is -1.06. The molecule has 0 aromatic carbocycles. The van der Waals surface area contributed by atoms with Crippen LogP contribution in [0.2, 0.25) is 0 Å². The summed E-state index contributed by atoms with van der Waals surface area (Å²) in [5.74, 6) is -1.17. The van der Waals surface area contributed by atoms with Crippen LogP contribution in [0.1, 0.15) is 52.4 Å². The third-order valence-electron chi connectivity index (χ3n) is 3.64. The van der Waals surface area contributed by atoms with Crippen molar-refractivity contribution in [3.8, 4) is 0 Å². The average molecular weight is 253 g/mol. The number of carbonyl (C=O) groups is 2. The van der Waals surface area contributed by atoms with Crippen LogP contribution in [0.15, 0.2) is 12.2 Å². The molecule has 18 heavy (non-hydrogen) atoms. The fraction of sp³-hybridized carbons (Fsp3) is 0.714. The standard InChI is InChI=1S/C14H23NO3/c1-3-5-6-7-8-11-9-10-14(11,13(17)18)15-12(16)4-2/h7-8,11H,3-6,9-10H2,1-2H3,(H,15,16)(H,17,18). The van der Waals surface area contributed by atoms with Crippen molar-refractivity contribution in [2.24, 2.45) is 5.92 Å². The maximum atomic E-state index is 11.4. The fourth-order valence-electron chi connectivity index (χ4n) is 2.25. The zero-order valence-electron chi connectivity index (χ0n) is 11.2. The molecule has 1 aliphatic carbocycles. The first-order chi connectivity index (χ1) is 8.56. The van der Waals surface area contributed by atoms with Crippen molar-refractivity contribution < 1.29 is 14.7 Å². The Labute approximate surface area is 108 Å². The molecule has 4 heteroatoms. The molecule has 2 unspecified atom stereocenters. The van der Waals surface area contributed by atoms with Crippen LogP contribution in [0.5, 0.6) is 0 Å². The van der Waals surface area contributed by atoms with Gasteiger partial charge in [-0.3, -0.25) is 4.79 Å². The number of aliphatic carboxylic acids is 1. The Kier molecular flexibility index (Phi) is 5.38. The fourth-order valence-corrected chi connectivity index (χ4v) is 2.25. The largest absolute Gasteiger partial charge is 0.479 e. The minimum atomic E-state index is -1.06. The number of nitrogens with one attached hydrogen (secondary N) is 1. The Morgan fingerprint density at radius 2 is 2.17 bits per heavy atom. The summed E-state index contributed by atoms with van der Waals surface area (Å²) in [4.78, 5) is 22.9. The highest BCUT2D eigenvalue weighted by molar-refractivity contribution is 5.88. The Morgan fingerprint density at radius 1 is 1.44 bits per heavy atom. The van der Waals surface area contributed by atoms with Crippen LogP contribution in [0.25, 0.3) is 0 Å². The molecule has 1 amide bonds. The van der Waals surface area contributed by atoms with Crippen molar-refractivity contribution in [1.29, 1.82) is 0 Å². The van der Waals surface area contributed by atoms with Gasteiger partial charge in [-0.15, -0.1) is 0 Å². The number of unbranched alkanes of at least 4 members (excludes halogenated alkanes) is 2. The summed E-state index contributed by atoms with van der Waals surface area (Å²) in [6, 6.07) is 0. The predicted molar refractivity (Wildman–Crippen MR) is 70.2 cm³/mol. The van der Waals surface area contributed by atoms with Crippen LogP contribution in [0.4, 0.5) is 0 Å². The van der Waals surface area contributed by atoms with Crippen LogP contribution < -0.4 is 5.32 Å². The molecule has 0 aromatic rings. The van der Waals surface area contributed by atoms with Crippen molar-refractivity contribution >= 4 is 11.9 Å². The minimum absolute atomic E-state index is 0.0673. The van der Waals surface area contributed by atoms with Gasteiger partial charge >= 0.3 is 5.97 Å². The van der Waals surface area contributed by atoms with Gasteiger partial charge in [0.2, 0.25) is 5.91 Å². The summed E-state index contributed by atoms with van der Waals surface area (Å²) in [6.07, 6.45) is 8.91. The molecule has 1 rings (SSSR count). The lowest BCUT2D eigenvalue weighted by molar-refractivity contribution is -0.154. The van der Waals surface area contributed by atoms with E-state index in [4.69, 9.17) is 0 Å². The molecule has 0 bridgehead atoms. The Morgan fingerprint density at radius 3 is 2.61 bits per heavy atom. The highest BCUT2D eigenvalue weighted by Crippen LogP contribution is 2.40. The van der Waals surface area contributed by atoms with E-state index in [1.54, 1.807) is 6.92 Å². The maximum Gasteiger partial charge on any atom is 0.330 e. The summed E-state index contributed by atoms with van der Waals surface area (Å²) in [7, 11) is 0. The van der Waals surface area contributed by atoms with Gasteiger partial charge in [0.1, 0.15) is 5.54 Å². The number of hydrogen-bond donors (Lipinski definition) is 2. The molecule has 2 N–H and O–H groups in total. The molecule has 4 nitrogen and oxygen atoms in total. The molecule has 0 saturated heterocycles. The van der Waals surface area contributed by atoms with E-state index in [0.29, 0.717) is 12.8 Å². The topological polar surface area (TPSA) is 66.4 Å². The number of amides is 1. The lowest BCUT2D eigenvalue weighted by Gasteiger charge is -2.45. The second kappa shape index (κ2) is 6.57. The summed E-state index contributed by atoms with van der Waals surface area (Å²) >= 11 is 0. The number of carboxylic acid groups (broad SMARTS) is 1. The van der Waals surface area contributed by atoms with E-state index in [2.05, 4.69) is 12.2 Å². The van der Waals surface area contributed by atoms with Gasteiger partial charge in [-0.05, 0) is 19.3 Å². The molecule has 0 aromatic heterocycles. The molecular formula is C14H23NO3. The van der Waals surface area contributed by atoms with Crippen molar-refractivity contribution in [2.75, 3.05) is 0 Å². The first kappa shape index (κ1) is 14.7. The zero-order valence-corrected chi connectivity index (χ0v) is 11.2. The Hall–Kier alpha value is -1.32. The van der Waals surface area contributed by atoms with Crippen LogP contribution in [0.3, 0.4) is 0 Å². The molecule has 0 spiro atoms. The van der Waals surface area contributed by atoms with Crippen molar-refractivity contribution in [3.63, 3.8) is 0 Å². The smallest absolute Gasteiger partial charge is 0.330 e. The van der Waals surface area contributed by atoms with Crippen LogP contribution >= 0.6 is 0 Å². The van der Waals surface area contributed by atoms with E-state index < -0.39 is 11.5 Å². The molecule has 1 saturated carbocycles. The third-order valence-corrected chi connectivity index (χ3v) is 3.64. The van der Waals surface area contributed by atoms with Crippen LogP contribution in [-0.2, 0) is 9.59 Å². The summed E-state index contributed by atoms with van der Waals surface area (Å²) in [6.45, 7) is 3.86. The molecule has 1 aliphatic rings. The summed E-state index contributed by atoms with van der Waals surface area (Å²) < 4.78 is 0. The van der Waals surface area contributed by atoms with E-state index in [9.17, 15) is 14.7 Å². The normalized spacial score (nSPS) is 26.9. The summed E-state index contributed by atoms with van der Waals surface area (Å²) in [5, 5.41) is 12.0. The van der Waals surface area contributed by atoms with Crippen LogP contribution in [0, 0.1) is 5.92 Å². The van der Waals surface area contributed by atoms with E-state index >= 15 is 0 Å². The first-order valence-corrected chi connectivity index (χ1v) is 6.78. The average Bonchev–Trinajstić information content (AvgIpc) is 2.33. The van der Waals surface area contributed by atoms with E-state index in [-0.39, 0.29) is 11.8 Å². The Bertz CT molecular complexity index is 338. The van der Waals surface area contributed by atoms with Gasteiger partial charge in [-0.1, -0.05) is 38.8 Å². The maximum absolute atomic E-state index is 11.4. The van der Waals surface area contributed by atoms with E-state index in [1.807, 2.05) is 12.2 Å². The lowest BCUT2D eigenvalue weighted by Crippen LogP contribution is -2.64. The SMILES string of the molecule is CCCCC=CC1CCC1(NC(=O)CC)C(=O)O. The van der Waals surface area contributed by atoms with Gasteiger partial charge in [0.05, 0.1) is 0 Å². The van der Waals surface area contributed by atoms with Gasteiger partial charge < -0.3 is 10.4 Å². The van der Waals surface area contributed by atoms with Crippen molar-refractivity contribution in [1.82, 2.24) is 5.32 Å². The highest BCUT2D eigenvalue weighted by atomic mass is 16.4. The second-order valence-electron chi connectivity index (χ2n) is 4.89. The van der Waals surface area contributed by atoms with Gasteiger partial charge in [0.25, 0.3) is 0 Å². The van der Waals surface area contributed by atoms with Crippen molar-refractivity contribution in [3.05, 3.63) is 12.2 Å². The van der Waals surface area contributed by atoms with Crippen LogP contribution in [-0.4, -0.2) is 22.5 Å². The number of carbonyl (C=O) groups excluding carboxylic acids is 1. The monoisotopic (exact) mass is 253 g/mol. The first-order valence-electron chi connectivity index (χ1n) is 6.78.